The highest BCUT2D eigenvalue weighted by molar-refractivity contribution is 5.97. The summed E-state index contributed by atoms with van der Waals surface area (Å²) >= 11 is 0. The lowest BCUT2D eigenvalue weighted by molar-refractivity contribution is -0.272. The first kappa shape index (κ1) is 30.1. The van der Waals surface area contributed by atoms with Gasteiger partial charge in [-0.3, -0.25) is 19.5 Å². The summed E-state index contributed by atoms with van der Waals surface area (Å²) in [6.07, 6.45) is -4.57. The Balaban J connectivity index is 1.42. The number of benzene rings is 1. The van der Waals surface area contributed by atoms with Gasteiger partial charge < -0.3 is 25.3 Å². The van der Waals surface area contributed by atoms with E-state index in [1.165, 1.54) is 19.2 Å². The van der Waals surface area contributed by atoms with Gasteiger partial charge in [-0.25, -0.2) is 4.39 Å². The molecule has 5 rings (SSSR count). The molecule has 4 heterocycles. The Hall–Kier alpha value is -3.36. The van der Waals surface area contributed by atoms with Gasteiger partial charge in [-0.15, -0.1) is 0 Å². The van der Waals surface area contributed by atoms with Crippen LogP contribution in [0.4, 0.5) is 27.6 Å². The van der Waals surface area contributed by atoms with Gasteiger partial charge in [0.1, 0.15) is 18.4 Å². The van der Waals surface area contributed by atoms with E-state index >= 15 is 4.39 Å². The molecule has 9 nitrogen and oxygen atoms in total. The highest BCUT2D eigenvalue weighted by Gasteiger charge is 2.66. The van der Waals surface area contributed by atoms with Crippen molar-refractivity contribution in [1.29, 1.82) is 0 Å². The van der Waals surface area contributed by atoms with Crippen LogP contribution in [0.3, 0.4) is 0 Å². The van der Waals surface area contributed by atoms with Crippen LogP contribution in [-0.2, 0) is 14.3 Å². The molecule has 4 atom stereocenters. The van der Waals surface area contributed by atoms with E-state index in [1.54, 1.807) is 0 Å². The van der Waals surface area contributed by atoms with Gasteiger partial charge in [0.25, 0.3) is 11.8 Å². The zero-order valence-electron chi connectivity index (χ0n) is 23.0. The second kappa shape index (κ2) is 11.0. The molecule has 0 aliphatic carbocycles. The smallest absolute Gasteiger partial charge is 0.417 e. The number of alkyl halides is 3. The van der Waals surface area contributed by atoms with E-state index in [2.05, 4.69) is 15.2 Å². The molecule has 2 aromatic rings. The number of carbonyl (C=O) groups excluding carboxylic acids is 2. The predicted molar refractivity (Wildman–Crippen MR) is 139 cm³/mol. The number of nitrogens with zero attached hydrogens (tertiary/aromatic N) is 2. The van der Waals surface area contributed by atoms with Crippen LogP contribution in [0.2, 0.25) is 0 Å². The van der Waals surface area contributed by atoms with Crippen LogP contribution < -0.4 is 15.8 Å². The average molecular weight is 599 g/mol. The van der Waals surface area contributed by atoms with Crippen molar-refractivity contribution < 1.29 is 45.8 Å². The van der Waals surface area contributed by atoms with Gasteiger partial charge in [0, 0.05) is 60.9 Å². The summed E-state index contributed by atoms with van der Waals surface area (Å²) in [7, 11) is 0. The van der Waals surface area contributed by atoms with Gasteiger partial charge >= 0.3 is 6.18 Å². The number of hydrogen-bond donors (Lipinski definition) is 2. The molecule has 0 bridgehead atoms. The van der Waals surface area contributed by atoms with Gasteiger partial charge in [0.05, 0.1) is 6.61 Å². The number of hydrogen-bond acceptors (Lipinski definition) is 7. The summed E-state index contributed by atoms with van der Waals surface area (Å²) in [6.45, 7) is 5.25. The standard InChI is InChI=1S/C28H31F5N4O5/c1-15-20(17-3-4-18(29)21(30)22(17)41-10-8-37-12-27(13-37)6-9-40-14-27)23(42-26(15,2)28(31,32)33)25(39)36-16-5-7-35-19(11-16)24(34)38/h3-5,7,11,15,20,23H,6,8-10,12-14H2,1-2H3,(H2,34,38)(H,35,36,39)/t15-,20-,23+,26+/m0/s1. The molecule has 0 radical (unpaired) electrons. The number of carbonyl (C=O) groups is 2. The van der Waals surface area contributed by atoms with Crippen LogP contribution in [0.15, 0.2) is 30.5 Å². The number of primary amides is 1. The monoisotopic (exact) mass is 598 g/mol. The lowest BCUT2D eigenvalue weighted by Crippen LogP contribution is -2.57. The van der Waals surface area contributed by atoms with E-state index in [9.17, 15) is 27.2 Å². The molecule has 0 saturated carbocycles. The van der Waals surface area contributed by atoms with Crippen LogP contribution in [0.1, 0.15) is 42.2 Å². The van der Waals surface area contributed by atoms with Crippen LogP contribution in [0.5, 0.6) is 5.75 Å². The maximum atomic E-state index is 15.2. The summed E-state index contributed by atoms with van der Waals surface area (Å²) in [4.78, 5) is 30.7. The lowest BCUT2D eigenvalue weighted by Gasteiger charge is -2.47. The number of likely N-dealkylation sites (tertiary alicyclic amines) is 1. The third-order valence-electron chi connectivity index (χ3n) is 8.60. The highest BCUT2D eigenvalue weighted by atomic mass is 19.4. The van der Waals surface area contributed by atoms with Crippen molar-refractivity contribution in [3.05, 3.63) is 53.4 Å². The minimum Gasteiger partial charge on any atom is -0.489 e. The first-order chi connectivity index (χ1) is 19.7. The number of nitrogens with two attached hydrogens (primary N) is 1. The molecule has 3 aliphatic rings. The number of rotatable bonds is 8. The summed E-state index contributed by atoms with van der Waals surface area (Å²) in [5.41, 5.74) is 2.22. The first-order valence-corrected chi connectivity index (χ1v) is 13.5. The number of aromatic nitrogens is 1. The van der Waals surface area contributed by atoms with E-state index in [1.807, 2.05) is 0 Å². The molecule has 3 fully saturated rings. The van der Waals surface area contributed by atoms with Crippen molar-refractivity contribution >= 4 is 17.5 Å². The summed E-state index contributed by atoms with van der Waals surface area (Å²) in [5, 5.41) is 2.43. The van der Waals surface area contributed by atoms with Gasteiger partial charge in [0.2, 0.25) is 5.82 Å². The second-order valence-electron chi connectivity index (χ2n) is 11.4. The normalized spacial score (nSPS) is 27.2. The van der Waals surface area contributed by atoms with E-state index in [0.717, 1.165) is 44.6 Å². The third kappa shape index (κ3) is 5.42. The quantitative estimate of drug-likeness (QED) is 0.446. The van der Waals surface area contributed by atoms with E-state index in [0.29, 0.717) is 19.8 Å². The van der Waals surface area contributed by atoms with Crippen molar-refractivity contribution in [2.75, 3.05) is 44.8 Å². The third-order valence-corrected chi connectivity index (χ3v) is 8.60. The molecule has 1 spiro atoms. The molecule has 1 aromatic carbocycles. The van der Waals surface area contributed by atoms with E-state index in [4.69, 9.17) is 19.9 Å². The van der Waals surface area contributed by atoms with Crippen molar-refractivity contribution in [1.82, 2.24) is 9.88 Å². The largest absolute Gasteiger partial charge is 0.489 e. The Morgan fingerprint density at radius 3 is 2.62 bits per heavy atom. The Labute approximate surface area is 238 Å². The van der Waals surface area contributed by atoms with Gasteiger partial charge in [0.15, 0.2) is 17.2 Å². The van der Waals surface area contributed by atoms with Crippen LogP contribution >= 0.6 is 0 Å². The second-order valence-corrected chi connectivity index (χ2v) is 11.4. The van der Waals surface area contributed by atoms with Crippen LogP contribution in [-0.4, -0.2) is 79.0 Å². The number of anilines is 1. The number of amides is 2. The summed E-state index contributed by atoms with van der Waals surface area (Å²) in [5.74, 6) is -7.88. The minimum atomic E-state index is -4.91. The number of nitrogens with one attached hydrogen (secondary N) is 1. The van der Waals surface area contributed by atoms with Crippen LogP contribution in [0, 0.1) is 23.0 Å². The molecule has 1 aromatic heterocycles. The molecular weight excluding hydrogens is 567 g/mol. The molecule has 3 N–H and O–H groups in total. The predicted octanol–water partition coefficient (Wildman–Crippen LogP) is 3.64. The Bertz CT molecular complexity index is 1360. The molecule has 42 heavy (non-hydrogen) atoms. The van der Waals surface area contributed by atoms with Crippen LogP contribution in [0.25, 0.3) is 0 Å². The molecule has 228 valence electrons. The maximum absolute atomic E-state index is 15.2. The average Bonchev–Trinajstić information content (AvgIpc) is 3.50. The molecule has 14 heteroatoms. The minimum absolute atomic E-state index is 0.0288. The molecule has 0 unspecified atom stereocenters. The Kier molecular flexibility index (Phi) is 7.92. The number of ether oxygens (including phenoxy) is 3. The van der Waals surface area contributed by atoms with Crippen molar-refractivity contribution in [3.63, 3.8) is 0 Å². The Morgan fingerprint density at radius 2 is 1.98 bits per heavy atom. The fraction of sp³-hybridized carbons (Fsp3) is 0.536. The summed E-state index contributed by atoms with van der Waals surface area (Å²) in [6, 6.07) is 4.36. The highest BCUT2D eigenvalue weighted by Crippen LogP contribution is 2.55. The number of pyridine rings is 1. The molecule has 3 aliphatic heterocycles. The topological polar surface area (TPSA) is 116 Å². The first-order valence-electron chi connectivity index (χ1n) is 13.5. The van der Waals surface area contributed by atoms with Gasteiger partial charge in [-0.05, 0) is 31.5 Å². The molecule has 2 amide bonds. The molecule has 3 saturated heterocycles. The fourth-order valence-corrected chi connectivity index (χ4v) is 6.07. The molecular formula is C28H31F5N4O5. The number of halogens is 5. The van der Waals surface area contributed by atoms with Crippen molar-refractivity contribution in [2.24, 2.45) is 17.1 Å². The van der Waals surface area contributed by atoms with E-state index < -0.39 is 58.9 Å². The zero-order chi connectivity index (χ0) is 30.4. The lowest BCUT2D eigenvalue weighted by atomic mass is 9.77. The van der Waals surface area contributed by atoms with Gasteiger partial charge in [-0.2, -0.15) is 17.6 Å². The maximum Gasteiger partial charge on any atom is 0.417 e. The SMILES string of the molecule is C[C@H]1[C@@H](c2ccc(F)c(F)c2OCCN2CC3(CCOC3)C2)[C@H](C(=O)Nc2ccnc(C(N)=O)c2)O[C@@]1(C)C(F)(F)F. The van der Waals surface area contributed by atoms with Gasteiger partial charge in [-0.1, -0.05) is 13.0 Å². The fourth-order valence-electron chi connectivity index (χ4n) is 6.07. The van der Waals surface area contributed by atoms with E-state index in [-0.39, 0.29) is 29.0 Å². The van der Waals surface area contributed by atoms with Crippen molar-refractivity contribution in [2.45, 2.75) is 44.1 Å². The zero-order valence-corrected chi connectivity index (χ0v) is 23.0. The van der Waals surface area contributed by atoms with Crippen molar-refractivity contribution in [3.8, 4) is 5.75 Å². The summed E-state index contributed by atoms with van der Waals surface area (Å²) < 4.78 is 89.0. The Morgan fingerprint density at radius 1 is 1.24 bits per heavy atom.